The first-order valence-corrected chi connectivity index (χ1v) is 9.65. The predicted octanol–water partition coefficient (Wildman–Crippen LogP) is 0.875. The van der Waals surface area contributed by atoms with Crippen molar-refractivity contribution in [1.82, 2.24) is 19.1 Å². The molecule has 138 valence electrons. The molecule has 0 unspecified atom stereocenters. The van der Waals surface area contributed by atoms with Gasteiger partial charge in [-0.05, 0) is 40.9 Å². The van der Waals surface area contributed by atoms with Crippen molar-refractivity contribution >= 4 is 38.0 Å². The first kappa shape index (κ1) is 18.3. The minimum atomic E-state index is -4.44. The summed E-state index contributed by atoms with van der Waals surface area (Å²) in [6.07, 6.45) is 1.55. The van der Waals surface area contributed by atoms with E-state index >= 15 is 0 Å². The molecule has 1 amide bonds. The number of rotatable bonds is 4. The third kappa shape index (κ3) is 3.29. The van der Waals surface area contributed by atoms with E-state index in [0.29, 0.717) is 4.68 Å². The number of amides is 1. The monoisotopic (exact) mass is 444 g/mol. The molecule has 12 heteroatoms. The number of carbonyl (C=O) groups excluding carboxylic acids is 2. The minimum absolute atomic E-state index is 0.0601. The first-order chi connectivity index (χ1) is 12.3. The molecule has 1 aromatic carbocycles. The maximum Gasteiger partial charge on any atom is 0.360 e. The van der Waals surface area contributed by atoms with Crippen LogP contribution in [0.4, 0.5) is 4.79 Å². The number of ether oxygens (including phenoxy) is 1. The molecule has 0 aliphatic heterocycles. The Morgan fingerprint density at radius 3 is 2.58 bits per heavy atom. The highest BCUT2D eigenvalue weighted by molar-refractivity contribution is 9.10. The van der Waals surface area contributed by atoms with Crippen molar-refractivity contribution in [1.29, 1.82) is 0 Å². The Morgan fingerprint density at radius 1 is 1.31 bits per heavy atom. The van der Waals surface area contributed by atoms with E-state index in [2.05, 4.69) is 25.8 Å². The molecule has 26 heavy (non-hydrogen) atoms. The quantitative estimate of drug-likeness (QED) is 0.692. The SMILES string of the molecule is COC(=O)c1ccccc1S(=O)(=O)NC(=O)n1nc(Br)n(C2CC2)c1=O. The van der Waals surface area contributed by atoms with Gasteiger partial charge in [0.15, 0.2) is 0 Å². The van der Waals surface area contributed by atoms with Crippen molar-refractivity contribution in [3.8, 4) is 0 Å². The minimum Gasteiger partial charge on any atom is -0.465 e. The van der Waals surface area contributed by atoms with Crippen LogP contribution in [-0.2, 0) is 14.8 Å². The Kier molecular flexibility index (Phi) is 4.71. The molecular weight excluding hydrogens is 432 g/mol. The largest absolute Gasteiger partial charge is 0.465 e. The van der Waals surface area contributed by atoms with Crippen molar-refractivity contribution in [3.63, 3.8) is 0 Å². The highest BCUT2D eigenvalue weighted by Crippen LogP contribution is 2.35. The van der Waals surface area contributed by atoms with Gasteiger partial charge in [-0.1, -0.05) is 12.1 Å². The van der Waals surface area contributed by atoms with Crippen LogP contribution in [0.25, 0.3) is 0 Å². The second kappa shape index (κ2) is 6.68. The molecule has 0 spiro atoms. The smallest absolute Gasteiger partial charge is 0.360 e. The number of esters is 1. The van der Waals surface area contributed by atoms with Gasteiger partial charge in [0.2, 0.25) is 4.73 Å². The molecule has 0 saturated heterocycles. The van der Waals surface area contributed by atoms with Crippen molar-refractivity contribution in [2.24, 2.45) is 0 Å². The maximum atomic E-state index is 12.5. The highest BCUT2D eigenvalue weighted by atomic mass is 79.9. The summed E-state index contributed by atoms with van der Waals surface area (Å²) in [7, 11) is -3.34. The topological polar surface area (TPSA) is 129 Å². The zero-order chi connectivity index (χ0) is 19.1. The van der Waals surface area contributed by atoms with Crippen LogP contribution in [0.3, 0.4) is 0 Å². The van der Waals surface area contributed by atoms with Crippen molar-refractivity contribution < 1.29 is 22.7 Å². The van der Waals surface area contributed by atoms with Gasteiger partial charge in [0, 0.05) is 6.04 Å². The summed E-state index contributed by atoms with van der Waals surface area (Å²) in [5.74, 6) is -0.878. The zero-order valence-corrected chi connectivity index (χ0v) is 15.8. The molecule has 3 rings (SSSR count). The molecule has 1 heterocycles. The Balaban J connectivity index is 1.94. The number of halogens is 1. The number of nitrogens with one attached hydrogen (secondary N) is 1. The number of nitrogens with zero attached hydrogens (tertiary/aromatic N) is 3. The Hall–Kier alpha value is -2.47. The van der Waals surface area contributed by atoms with Crippen molar-refractivity contribution in [3.05, 3.63) is 45.0 Å². The van der Waals surface area contributed by atoms with Gasteiger partial charge in [-0.3, -0.25) is 4.57 Å². The van der Waals surface area contributed by atoms with E-state index in [0.717, 1.165) is 26.0 Å². The number of aromatic nitrogens is 3. The van der Waals surface area contributed by atoms with E-state index in [9.17, 15) is 22.8 Å². The lowest BCUT2D eigenvalue weighted by atomic mass is 10.2. The normalized spacial score (nSPS) is 14.1. The van der Waals surface area contributed by atoms with E-state index in [4.69, 9.17) is 0 Å². The summed E-state index contributed by atoms with van der Waals surface area (Å²) >= 11 is 3.08. The number of methoxy groups -OCH3 is 1. The molecule has 0 atom stereocenters. The standard InChI is InChI=1S/C14H13BrN4O6S/c1-25-11(20)9-4-2-3-5-10(9)26(23,24)17-13(21)19-14(22)18(8-6-7-8)12(15)16-19/h2-5,8H,6-7H2,1H3,(H,17,21). The predicted molar refractivity (Wildman–Crippen MR) is 91.4 cm³/mol. The van der Waals surface area contributed by atoms with E-state index in [1.54, 1.807) is 4.72 Å². The fourth-order valence-corrected chi connectivity index (χ4v) is 4.04. The maximum absolute atomic E-state index is 12.5. The second-order valence-corrected chi connectivity index (χ2v) is 7.82. The summed E-state index contributed by atoms with van der Waals surface area (Å²) in [6, 6.07) is 3.91. The summed E-state index contributed by atoms with van der Waals surface area (Å²) in [4.78, 5) is 35.8. The van der Waals surface area contributed by atoms with Crippen LogP contribution >= 0.6 is 15.9 Å². The number of hydrogen-bond donors (Lipinski definition) is 1. The lowest BCUT2D eigenvalue weighted by Gasteiger charge is -2.09. The van der Waals surface area contributed by atoms with Crippen molar-refractivity contribution in [2.75, 3.05) is 7.11 Å². The summed E-state index contributed by atoms with van der Waals surface area (Å²) < 4.78 is 33.1. The van der Waals surface area contributed by atoms with Gasteiger partial charge in [-0.2, -0.15) is 0 Å². The molecule has 1 N–H and O–H groups in total. The van der Waals surface area contributed by atoms with Gasteiger partial charge in [0.1, 0.15) is 4.90 Å². The van der Waals surface area contributed by atoms with Crippen molar-refractivity contribution in [2.45, 2.75) is 23.8 Å². The fraction of sp³-hybridized carbons (Fsp3) is 0.286. The third-order valence-electron chi connectivity index (χ3n) is 3.68. The van der Waals surface area contributed by atoms with Gasteiger partial charge in [-0.15, -0.1) is 9.78 Å². The Bertz CT molecular complexity index is 1050. The first-order valence-electron chi connectivity index (χ1n) is 7.38. The molecule has 1 aliphatic rings. The van der Waals surface area contributed by atoms with Gasteiger partial charge in [0.05, 0.1) is 12.7 Å². The molecule has 0 radical (unpaired) electrons. The van der Waals surface area contributed by atoms with Crippen LogP contribution in [0, 0.1) is 0 Å². The van der Waals surface area contributed by atoms with E-state index in [1.807, 2.05) is 0 Å². The molecular formula is C14H13BrN4O6S. The van der Waals surface area contributed by atoms with Gasteiger partial charge >= 0.3 is 17.7 Å². The van der Waals surface area contributed by atoms with Crippen LogP contribution in [0.5, 0.6) is 0 Å². The molecule has 1 aliphatic carbocycles. The average Bonchev–Trinajstić information content (AvgIpc) is 3.38. The average molecular weight is 445 g/mol. The second-order valence-electron chi connectivity index (χ2n) is 5.46. The zero-order valence-electron chi connectivity index (χ0n) is 13.4. The number of carbonyl (C=O) groups is 2. The summed E-state index contributed by atoms with van der Waals surface area (Å²) in [5, 5.41) is 3.74. The van der Waals surface area contributed by atoms with E-state index in [-0.39, 0.29) is 16.3 Å². The molecule has 1 saturated carbocycles. The number of benzene rings is 1. The lowest BCUT2D eigenvalue weighted by Crippen LogP contribution is -2.41. The van der Waals surface area contributed by atoms with Gasteiger partial charge in [0.25, 0.3) is 10.0 Å². The van der Waals surface area contributed by atoms with Crippen LogP contribution in [-0.4, -0.2) is 41.9 Å². The van der Waals surface area contributed by atoms with Crippen LogP contribution in [0.2, 0.25) is 0 Å². The lowest BCUT2D eigenvalue weighted by molar-refractivity contribution is 0.0596. The van der Waals surface area contributed by atoms with Gasteiger partial charge < -0.3 is 4.74 Å². The Morgan fingerprint density at radius 2 is 1.96 bits per heavy atom. The molecule has 10 nitrogen and oxygen atoms in total. The van der Waals surface area contributed by atoms with Crippen LogP contribution in [0.15, 0.2) is 38.7 Å². The van der Waals surface area contributed by atoms with E-state index in [1.165, 1.54) is 22.8 Å². The molecule has 1 aromatic heterocycles. The molecule has 2 aromatic rings. The summed E-state index contributed by atoms with van der Waals surface area (Å²) in [6.45, 7) is 0. The van der Waals surface area contributed by atoms with Gasteiger partial charge in [-0.25, -0.2) is 27.5 Å². The van der Waals surface area contributed by atoms with E-state index < -0.39 is 32.6 Å². The molecule has 1 fully saturated rings. The van der Waals surface area contributed by atoms with Crippen LogP contribution < -0.4 is 10.4 Å². The Labute approximate surface area is 155 Å². The third-order valence-corrected chi connectivity index (χ3v) is 5.60. The summed E-state index contributed by atoms with van der Waals surface area (Å²) in [5.41, 5.74) is -0.999. The molecule has 0 bridgehead atoms. The fourth-order valence-electron chi connectivity index (χ4n) is 2.32. The highest BCUT2D eigenvalue weighted by Gasteiger charge is 2.32. The van der Waals surface area contributed by atoms with Crippen LogP contribution in [0.1, 0.15) is 29.2 Å². The number of hydrogen-bond acceptors (Lipinski definition) is 7. The number of sulfonamides is 1.